The van der Waals surface area contributed by atoms with Crippen molar-refractivity contribution in [1.29, 1.82) is 0 Å². The van der Waals surface area contributed by atoms with E-state index >= 15 is 0 Å². The first-order chi connectivity index (χ1) is 18.4. The van der Waals surface area contributed by atoms with Gasteiger partial charge in [-0.1, -0.05) is 38.8 Å². The standard InChI is InChI=1S/C32H44N6/c1-7-25(8-2)14-12-16-33-32-34-19-26(20-35-32)18-28-21(3)17-29-30(23(28)5)38-31(37-29)27-15-11-9-10-13-22(4)36-24(27)6/h11,15,17,19-20,25H,7-10,12-14,16,18H2,1-6H3,(H,37,38)(H,33,34,35). The van der Waals surface area contributed by atoms with Gasteiger partial charge in [0.1, 0.15) is 5.82 Å². The Balaban J connectivity index is 1.51. The summed E-state index contributed by atoms with van der Waals surface area (Å²) in [5, 5.41) is 3.38. The van der Waals surface area contributed by atoms with Gasteiger partial charge in [0, 0.05) is 42.3 Å². The number of aliphatic imine (C=N–C) groups is 1. The highest BCUT2D eigenvalue weighted by atomic mass is 15.1. The quantitative estimate of drug-likeness (QED) is 0.269. The second-order valence-electron chi connectivity index (χ2n) is 10.8. The number of anilines is 1. The van der Waals surface area contributed by atoms with E-state index in [2.05, 4.69) is 80.0 Å². The maximum atomic E-state index is 5.06. The van der Waals surface area contributed by atoms with Crippen molar-refractivity contribution in [2.75, 3.05) is 11.9 Å². The number of fused-ring (bicyclic) bond motifs is 1. The van der Waals surface area contributed by atoms with Gasteiger partial charge < -0.3 is 10.3 Å². The summed E-state index contributed by atoms with van der Waals surface area (Å²) >= 11 is 0. The Bertz CT molecular complexity index is 1320. The molecule has 202 valence electrons. The number of allylic oxidation sites excluding steroid dienone is 4. The Morgan fingerprint density at radius 2 is 1.82 bits per heavy atom. The van der Waals surface area contributed by atoms with Crippen LogP contribution in [0.15, 0.2) is 41.3 Å². The SMILES string of the molecule is CCC(CC)CCCNc1ncc(Cc2c(C)cc3[nH]c(C4=C(C)N=C(C)CCCC=C4)nc3c2C)cn1. The molecule has 1 aliphatic heterocycles. The van der Waals surface area contributed by atoms with E-state index in [1.165, 1.54) is 41.7 Å². The fourth-order valence-electron chi connectivity index (χ4n) is 5.40. The molecule has 0 amide bonds. The molecule has 4 rings (SSSR count). The van der Waals surface area contributed by atoms with Crippen LogP contribution in [0.4, 0.5) is 5.95 Å². The molecule has 0 saturated carbocycles. The number of nitrogens with one attached hydrogen (secondary N) is 2. The lowest BCUT2D eigenvalue weighted by Crippen LogP contribution is -2.08. The average molecular weight is 513 g/mol. The van der Waals surface area contributed by atoms with Crippen LogP contribution in [-0.2, 0) is 6.42 Å². The Morgan fingerprint density at radius 1 is 1.05 bits per heavy atom. The number of aromatic amines is 1. The van der Waals surface area contributed by atoms with Gasteiger partial charge in [0.05, 0.1) is 11.0 Å². The molecule has 1 aromatic carbocycles. The van der Waals surface area contributed by atoms with Gasteiger partial charge in [0.2, 0.25) is 5.95 Å². The fraction of sp³-hybridized carbons (Fsp3) is 0.500. The summed E-state index contributed by atoms with van der Waals surface area (Å²) < 4.78 is 0. The number of hydrogen-bond acceptors (Lipinski definition) is 5. The van der Waals surface area contributed by atoms with Crippen LogP contribution in [0, 0.1) is 19.8 Å². The lowest BCUT2D eigenvalue weighted by molar-refractivity contribution is 0.446. The van der Waals surface area contributed by atoms with Gasteiger partial charge in [-0.2, -0.15) is 0 Å². The molecular formula is C32H44N6. The highest BCUT2D eigenvalue weighted by Gasteiger charge is 2.16. The molecule has 0 spiro atoms. The molecule has 2 aromatic heterocycles. The number of rotatable bonds is 10. The van der Waals surface area contributed by atoms with Crippen molar-refractivity contribution in [3.05, 3.63) is 64.4 Å². The van der Waals surface area contributed by atoms with E-state index < -0.39 is 0 Å². The van der Waals surface area contributed by atoms with Crippen LogP contribution in [0.3, 0.4) is 0 Å². The van der Waals surface area contributed by atoms with Crippen molar-refractivity contribution in [3.8, 4) is 0 Å². The van der Waals surface area contributed by atoms with E-state index in [9.17, 15) is 0 Å². The predicted octanol–water partition coefficient (Wildman–Crippen LogP) is 8.12. The Hall–Kier alpha value is -3.28. The zero-order valence-corrected chi connectivity index (χ0v) is 24.1. The first kappa shape index (κ1) is 27.7. The highest BCUT2D eigenvalue weighted by molar-refractivity contribution is 5.88. The Labute approximate surface area is 228 Å². The average Bonchev–Trinajstić information content (AvgIpc) is 3.35. The normalized spacial score (nSPS) is 14.6. The molecule has 2 N–H and O–H groups in total. The largest absolute Gasteiger partial charge is 0.354 e. The number of imidazole rings is 1. The molecule has 6 heteroatoms. The smallest absolute Gasteiger partial charge is 0.222 e. The summed E-state index contributed by atoms with van der Waals surface area (Å²) in [5.41, 5.74) is 10.2. The summed E-state index contributed by atoms with van der Waals surface area (Å²) in [5.74, 6) is 2.42. The third-order valence-corrected chi connectivity index (χ3v) is 7.89. The number of aryl methyl sites for hydroxylation is 2. The van der Waals surface area contributed by atoms with Crippen LogP contribution in [0.2, 0.25) is 0 Å². The second kappa shape index (κ2) is 13.0. The van der Waals surface area contributed by atoms with Gasteiger partial charge in [-0.3, -0.25) is 4.99 Å². The van der Waals surface area contributed by atoms with E-state index in [1.54, 1.807) is 0 Å². The maximum Gasteiger partial charge on any atom is 0.222 e. The zero-order valence-electron chi connectivity index (χ0n) is 24.1. The lowest BCUT2D eigenvalue weighted by atomic mass is 9.96. The minimum atomic E-state index is 0.712. The first-order valence-electron chi connectivity index (χ1n) is 14.3. The second-order valence-corrected chi connectivity index (χ2v) is 10.8. The van der Waals surface area contributed by atoms with Gasteiger partial charge in [0.25, 0.3) is 0 Å². The van der Waals surface area contributed by atoms with E-state index in [0.29, 0.717) is 5.95 Å². The molecular weight excluding hydrogens is 468 g/mol. The van der Waals surface area contributed by atoms with Crippen molar-refractivity contribution in [1.82, 2.24) is 19.9 Å². The van der Waals surface area contributed by atoms with Gasteiger partial charge >= 0.3 is 0 Å². The van der Waals surface area contributed by atoms with Crippen LogP contribution in [0.1, 0.15) is 101 Å². The predicted molar refractivity (Wildman–Crippen MR) is 161 cm³/mol. The van der Waals surface area contributed by atoms with Crippen molar-refractivity contribution in [3.63, 3.8) is 0 Å². The fourth-order valence-corrected chi connectivity index (χ4v) is 5.40. The van der Waals surface area contributed by atoms with Crippen molar-refractivity contribution < 1.29 is 0 Å². The molecule has 3 aromatic rings. The summed E-state index contributed by atoms with van der Waals surface area (Å²) in [6.45, 7) is 14.0. The molecule has 0 atom stereocenters. The van der Waals surface area contributed by atoms with Crippen LogP contribution >= 0.6 is 0 Å². The minimum absolute atomic E-state index is 0.712. The summed E-state index contributed by atoms with van der Waals surface area (Å²) in [4.78, 5) is 22.7. The van der Waals surface area contributed by atoms with Gasteiger partial charge in [-0.25, -0.2) is 15.0 Å². The molecule has 38 heavy (non-hydrogen) atoms. The number of H-pyrrole nitrogens is 1. The highest BCUT2D eigenvalue weighted by Crippen LogP contribution is 2.29. The number of hydrogen-bond donors (Lipinski definition) is 2. The molecule has 6 nitrogen and oxygen atoms in total. The van der Waals surface area contributed by atoms with Gasteiger partial charge in [-0.15, -0.1) is 0 Å². The van der Waals surface area contributed by atoms with Crippen molar-refractivity contribution in [2.24, 2.45) is 10.9 Å². The number of aromatic nitrogens is 4. The molecule has 3 heterocycles. The summed E-state index contributed by atoms with van der Waals surface area (Å²) in [6, 6.07) is 2.22. The molecule has 0 saturated heterocycles. The van der Waals surface area contributed by atoms with Crippen LogP contribution < -0.4 is 5.32 Å². The number of benzene rings is 1. The molecule has 0 radical (unpaired) electrons. The van der Waals surface area contributed by atoms with E-state index in [-0.39, 0.29) is 0 Å². The van der Waals surface area contributed by atoms with Crippen LogP contribution in [0.25, 0.3) is 16.6 Å². The van der Waals surface area contributed by atoms with Gasteiger partial charge in [0.15, 0.2) is 0 Å². The summed E-state index contributed by atoms with van der Waals surface area (Å²) in [7, 11) is 0. The Kier molecular flexibility index (Phi) is 9.48. The third-order valence-electron chi connectivity index (χ3n) is 7.89. The minimum Gasteiger partial charge on any atom is -0.354 e. The topological polar surface area (TPSA) is 78.9 Å². The molecule has 0 fully saturated rings. The molecule has 0 unspecified atom stereocenters. The van der Waals surface area contributed by atoms with E-state index in [4.69, 9.17) is 9.98 Å². The molecule has 1 aliphatic rings. The van der Waals surface area contributed by atoms with Crippen molar-refractivity contribution in [2.45, 2.75) is 92.9 Å². The third kappa shape index (κ3) is 6.77. The molecule has 0 aliphatic carbocycles. The van der Waals surface area contributed by atoms with E-state index in [0.717, 1.165) is 78.3 Å². The van der Waals surface area contributed by atoms with E-state index in [1.807, 2.05) is 12.4 Å². The maximum absolute atomic E-state index is 5.06. The molecule has 0 bridgehead atoms. The lowest BCUT2D eigenvalue weighted by Gasteiger charge is -2.12. The first-order valence-corrected chi connectivity index (χ1v) is 14.3. The zero-order chi connectivity index (χ0) is 27.1. The summed E-state index contributed by atoms with van der Waals surface area (Å²) in [6.07, 6.45) is 17.3. The van der Waals surface area contributed by atoms with Crippen LogP contribution in [-0.4, -0.2) is 32.2 Å². The number of nitrogens with zero attached hydrogens (tertiary/aromatic N) is 4. The monoisotopic (exact) mass is 512 g/mol. The van der Waals surface area contributed by atoms with Gasteiger partial charge in [-0.05, 0) is 94.0 Å². The Morgan fingerprint density at radius 3 is 2.55 bits per heavy atom. The van der Waals surface area contributed by atoms with Crippen molar-refractivity contribution >= 4 is 28.3 Å². The van der Waals surface area contributed by atoms with Crippen LogP contribution in [0.5, 0.6) is 0 Å².